The smallest absolute Gasteiger partial charge is 0.135 e. The van der Waals surface area contributed by atoms with Crippen molar-refractivity contribution in [2.24, 2.45) is 0 Å². The van der Waals surface area contributed by atoms with Crippen molar-refractivity contribution in [3.63, 3.8) is 0 Å². The van der Waals surface area contributed by atoms with E-state index in [1.165, 1.54) is 0 Å². The Labute approximate surface area is 98.0 Å². The Morgan fingerprint density at radius 2 is 2.07 bits per heavy atom. The molecule has 0 atom stereocenters. The zero-order valence-electron chi connectivity index (χ0n) is 9.00. The molecule has 1 aliphatic heterocycles. The van der Waals surface area contributed by atoms with Gasteiger partial charge >= 0.3 is 0 Å². The Hall–Kier alpha value is -0.960. The summed E-state index contributed by atoms with van der Waals surface area (Å²) in [6, 6.07) is 5.81. The van der Waals surface area contributed by atoms with E-state index in [2.05, 4.69) is 22.0 Å². The zero-order valence-corrected chi connectivity index (χ0v) is 10.6. The Kier molecular flexibility index (Phi) is 2.51. The highest BCUT2D eigenvalue weighted by atomic mass is 79.9. The molecule has 1 aliphatic rings. The Morgan fingerprint density at radius 3 is 2.73 bits per heavy atom. The van der Waals surface area contributed by atoms with E-state index in [0.717, 1.165) is 21.5 Å². The van der Waals surface area contributed by atoms with Crippen LogP contribution in [0.2, 0.25) is 0 Å². The molecular weight excluding hydrogens is 256 g/mol. The number of ether oxygens (including phenoxy) is 2. The van der Waals surface area contributed by atoms with E-state index in [9.17, 15) is 0 Å². The van der Waals surface area contributed by atoms with E-state index < -0.39 is 0 Å². The van der Waals surface area contributed by atoms with E-state index in [4.69, 9.17) is 9.47 Å². The third-order valence-corrected chi connectivity index (χ3v) is 3.62. The highest BCUT2D eigenvalue weighted by molar-refractivity contribution is 9.11. The van der Waals surface area contributed by atoms with E-state index in [1.54, 1.807) is 7.11 Å². The topological polar surface area (TPSA) is 18.5 Å². The molecule has 0 fully saturated rings. The molecule has 0 radical (unpaired) electrons. The van der Waals surface area contributed by atoms with Crippen molar-refractivity contribution in [1.82, 2.24) is 0 Å². The van der Waals surface area contributed by atoms with Crippen molar-refractivity contribution in [2.75, 3.05) is 7.11 Å². The third kappa shape index (κ3) is 1.88. The minimum Gasteiger partial charge on any atom is -0.497 e. The molecule has 1 aromatic rings. The van der Waals surface area contributed by atoms with Crippen LogP contribution >= 0.6 is 15.9 Å². The van der Waals surface area contributed by atoms with Gasteiger partial charge < -0.3 is 9.47 Å². The van der Waals surface area contributed by atoms with Crippen LogP contribution in [-0.4, -0.2) is 12.7 Å². The van der Waals surface area contributed by atoms with Crippen LogP contribution in [-0.2, 0) is 0 Å². The van der Waals surface area contributed by atoms with Crippen LogP contribution in [0.5, 0.6) is 11.5 Å². The van der Waals surface area contributed by atoms with Crippen LogP contribution in [0.15, 0.2) is 22.7 Å². The van der Waals surface area contributed by atoms with Gasteiger partial charge in [-0.2, -0.15) is 0 Å². The molecule has 0 aliphatic carbocycles. The molecule has 1 aromatic carbocycles. The number of methoxy groups -OCH3 is 1. The lowest BCUT2D eigenvalue weighted by Gasteiger charge is -2.31. The van der Waals surface area contributed by atoms with Gasteiger partial charge in [0.25, 0.3) is 0 Å². The van der Waals surface area contributed by atoms with Crippen LogP contribution in [0.4, 0.5) is 0 Å². The molecule has 1 heterocycles. The molecule has 0 unspecified atom stereocenters. The van der Waals surface area contributed by atoms with Gasteiger partial charge in [0.15, 0.2) is 0 Å². The molecule has 2 rings (SSSR count). The van der Waals surface area contributed by atoms with E-state index >= 15 is 0 Å². The fourth-order valence-electron chi connectivity index (χ4n) is 1.49. The maximum absolute atomic E-state index is 5.86. The van der Waals surface area contributed by atoms with Gasteiger partial charge in [-0.3, -0.25) is 0 Å². The number of rotatable bonds is 1. The standard InChI is InChI=1S/C12H13BrO2/c1-12(2)11(13)7-8-6-9(14-3)4-5-10(8)15-12/h4-7H,1-3H3. The highest BCUT2D eigenvalue weighted by Gasteiger charge is 2.28. The van der Waals surface area contributed by atoms with E-state index in [1.807, 2.05) is 32.0 Å². The first-order valence-electron chi connectivity index (χ1n) is 4.77. The molecule has 80 valence electrons. The number of benzene rings is 1. The van der Waals surface area contributed by atoms with Crippen LogP contribution in [0, 0.1) is 0 Å². The molecule has 0 saturated carbocycles. The second-order valence-corrected chi connectivity index (χ2v) is 4.86. The first-order valence-corrected chi connectivity index (χ1v) is 5.57. The number of fused-ring (bicyclic) bond motifs is 1. The predicted molar refractivity (Wildman–Crippen MR) is 64.6 cm³/mol. The minimum absolute atomic E-state index is 0.290. The van der Waals surface area contributed by atoms with Crippen molar-refractivity contribution >= 4 is 22.0 Å². The SMILES string of the molecule is COc1ccc2c(c1)C=C(Br)C(C)(C)O2. The Morgan fingerprint density at radius 1 is 1.33 bits per heavy atom. The number of hydrogen-bond acceptors (Lipinski definition) is 2. The monoisotopic (exact) mass is 268 g/mol. The summed E-state index contributed by atoms with van der Waals surface area (Å²) in [6.07, 6.45) is 2.07. The molecule has 0 bridgehead atoms. The lowest BCUT2D eigenvalue weighted by atomic mass is 10.0. The normalized spacial score (nSPS) is 17.5. The minimum atomic E-state index is -0.290. The maximum atomic E-state index is 5.86. The summed E-state index contributed by atoms with van der Waals surface area (Å²) in [7, 11) is 1.66. The largest absolute Gasteiger partial charge is 0.497 e. The second kappa shape index (κ2) is 3.56. The molecule has 0 saturated heterocycles. The quantitative estimate of drug-likeness (QED) is 0.775. The van der Waals surface area contributed by atoms with Crippen molar-refractivity contribution in [3.05, 3.63) is 28.2 Å². The molecule has 0 N–H and O–H groups in total. The molecular formula is C12H13BrO2. The molecule has 2 nitrogen and oxygen atoms in total. The van der Waals surface area contributed by atoms with Gasteiger partial charge in [-0.1, -0.05) is 15.9 Å². The van der Waals surface area contributed by atoms with E-state index in [-0.39, 0.29) is 5.60 Å². The van der Waals surface area contributed by atoms with Crippen LogP contribution in [0.25, 0.3) is 6.08 Å². The van der Waals surface area contributed by atoms with Crippen molar-refractivity contribution in [3.8, 4) is 11.5 Å². The van der Waals surface area contributed by atoms with Gasteiger partial charge in [0.1, 0.15) is 17.1 Å². The Bertz CT molecular complexity index is 422. The van der Waals surface area contributed by atoms with Crippen LogP contribution < -0.4 is 9.47 Å². The zero-order chi connectivity index (χ0) is 11.1. The van der Waals surface area contributed by atoms with Crippen molar-refractivity contribution < 1.29 is 9.47 Å². The summed E-state index contributed by atoms with van der Waals surface area (Å²) >= 11 is 3.52. The molecule has 0 spiro atoms. The second-order valence-electron chi connectivity index (χ2n) is 4.01. The lowest BCUT2D eigenvalue weighted by molar-refractivity contribution is 0.155. The first-order chi connectivity index (χ1) is 7.03. The molecule has 15 heavy (non-hydrogen) atoms. The molecule has 0 amide bonds. The Balaban J connectivity index is 2.48. The predicted octanol–water partition coefficient (Wildman–Crippen LogP) is 3.60. The lowest BCUT2D eigenvalue weighted by Crippen LogP contribution is -2.30. The summed E-state index contributed by atoms with van der Waals surface area (Å²) in [5.74, 6) is 1.73. The van der Waals surface area contributed by atoms with Gasteiger partial charge in [0.2, 0.25) is 0 Å². The molecule has 3 heteroatoms. The van der Waals surface area contributed by atoms with Crippen molar-refractivity contribution in [1.29, 1.82) is 0 Å². The number of halogens is 1. The van der Waals surface area contributed by atoms with Gasteiger partial charge in [-0.05, 0) is 38.1 Å². The fourth-order valence-corrected chi connectivity index (χ4v) is 1.82. The van der Waals surface area contributed by atoms with Gasteiger partial charge in [0.05, 0.1) is 7.11 Å². The summed E-state index contributed by atoms with van der Waals surface area (Å²) in [5.41, 5.74) is 0.752. The molecule has 0 aromatic heterocycles. The van der Waals surface area contributed by atoms with Crippen LogP contribution in [0.3, 0.4) is 0 Å². The summed E-state index contributed by atoms with van der Waals surface area (Å²) in [5, 5.41) is 0. The summed E-state index contributed by atoms with van der Waals surface area (Å²) in [6.45, 7) is 4.06. The average Bonchev–Trinajstić information content (AvgIpc) is 2.19. The van der Waals surface area contributed by atoms with E-state index in [0.29, 0.717) is 0 Å². The van der Waals surface area contributed by atoms with Gasteiger partial charge in [0, 0.05) is 10.0 Å². The maximum Gasteiger partial charge on any atom is 0.135 e. The van der Waals surface area contributed by atoms with Crippen molar-refractivity contribution in [2.45, 2.75) is 19.4 Å². The average molecular weight is 269 g/mol. The van der Waals surface area contributed by atoms with Gasteiger partial charge in [-0.25, -0.2) is 0 Å². The third-order valence-electron chi connectivity index (χ3n) is 2.44. The van der Waals surface area contributed by atoms with Crippen LogP contribution in [0.1, 0.15) is 19.4 Å². The fraction of sp³-hybridized carbons (Fsp3) is 0.333. The number of hydrogen-bond donors (Lipinski definition) is 0. The highest BCUT2D eigenvalue weighted by Crippen LogP contribution is 2.39. The first kappa shape index (κ1) is 10.6. The van der Waals surface area contributed by atoms with Gasteiger partial charge in [-0.15, -0.1) is 0 Å². The summed E-state index contributed by atoms with van der Waals surface area (Å²) in [4.78, 5) is 0. The summed E-state index contributed by atoms with van der Waals surface area (Å²) < 4.78 is 12.1.